The number of fused-ring (bicyclic) bond motifs is 1. The summed E-state index contributed by atoms with van der Waals surface area (Å²) in [5.41, 5.74) is 6.76. The van der Waals surface area contributed by atoms with Gasteiger partial charge in [0.2, 0.25) is 5.95 Å². The first-order valence-corrected chi connectivity index (χ1v) is 8.01. The fourth-order valence-electron chi connectivity index (χ4n) is 2.97. The van der Waals surface area contributed by atoms with Gasteiger partial charge in [-0.1, -0.05) is 11.6 Å². The molecule has 0 bridgehead atoms. The molecule has 0 aliphatic carbocycles. The molecule has 2 aliphatic rings. The van der Waals surface area contributed by atoms with Crippen LogP contribution < -0.4 is 16.4 Å². The van der Waals surface area contributed by atoms with Gasteiger partial charge in [0, 0.05) is 13.2 Å². The van der Waals surface area contributed by atoms with Crippen LogP contribution in [0.1, 0.15) is 0 Å². The third kappa shape index (κ3) is 2.91. The predicted molar refractivity (Wildman–Crippen MR) is 88.4 cm³/mol. The lowest BCUT2D eigenvalue weighted by Gasteiger charge is -2.19. The predicted octanol–water partition coefficient (Wildman–Crippen LogP) is 0.512. The summed E-state index contributed by atoms with van der Waals surface area (Å²) in [7, 11) is 1.84. The summed E-state index contributed by atoms with van der Waals surface area (Å²) in [5.74, 6) is 0.950. The average molecular weight is 352 g/mol. The van der Waals surface area contributed by atoms with Gasteiger partial charge < -0.3 is 25.8 Å². The Hall–Kier alpha value is -1.94. The van der Waals surface area contributed by atoms with Crippen LogP contribution in [-0.4, -0.2) is 57.3 Å². The van der Waals surface area contributed by atoms with Crippen LogP contribution in [0.3, 0.4) is 0 Å². The summed E-state index contributed by atoms with van der Waals surface area (Å²) in [5, 5.41) is 10.9. The zero-order valence-corrected chi connectivity index (χ0v) is 13.8. The number of anilines is 3. The second-order valence-electron chi connectivity index (χ2n) is 5.93. The Balaban J connectivity index is 1.49. The van der Waals surface area contributed by atoms with Crippen molar-refractivity contribution in [1.29, 1.82) is 0 Å². The highest BCUT2D eigenvalue weighted by Crippen LogP contribution is 2.30. The lowest BCUT2D eigenvalue weighted by atomic mass is 10.1. The van der Waals surface area contributed by atoms with Crippen LogP contribution >= 0.6 is 11.6 Å². The van der Waals surface area contributed by atoms with Gasteiger partial charge in [-0.15, -0.1) is 0 Å². The molecule has 4 atom stereocenters. The van der Waals surface area contributed by atoms with Crippen molar-refractivity contribution < 1.29 is 9.47 Å². The fourth-order valence-corrected chi connectivity index (χ4v) is 3.12. The van der Waals surface area contributed by atoms with Crippen LogP contribution in [0, 0.1) is 0 Å². The highest BCUT2D eigenvalue weighted by Gasteiger charge is 2.46. The van der Waals surface area contributed by atoms with E-state index >= 15 is 0 Å². The van der Waals surface area contributed by atoms with E-state index in [1.807, 2.05) is 13.2 Å². The first-order chi connectivity index (χ1) is 11.6. The number of nitrogens with one attached hydrogen (secondary N) is 2. The number of hydrogen-bond acceptors (Lipinski definition) is 8. The summed E-state index contributed by atoms with van der Waals surface area (Å²) in [6, 6.07) is -0.146. The van der Waals surface area contributed by atoms with Crippen LogP contribution in [0.2, 0.25) is 5.02 Å². The Morgan fingerprint density at radius 3 is 2.92 bits per heavy atom. The third-order valence-electron chi connectivity index (χ3n) is 4.12. The molecule has 0 amide bonds. The lowest BCUT2D eigenvalue weighted by molar-refractivity contribution is 0.0698. The highest BCUT2D eigenvalue weighted by atomic mass is 35.5. The Kier molecular flexibility index (Phi) is 4.01. The normalized spacial score (nSPS) is 28.8. The molecule has 2 saturated heterocycles. The average Bonchev–Trinajstić information content (AvgIpc) is 3.23. The smallest absolute Gasteiger partial charge is 0.229 e. The number of nitrogens with two attached hydrogens (primary N) is 1. The van der Waals surface area contributed by atoms with Gasteiger partial charge in [0.1, 0.15) is 17.2 Å². The molecule has 2 aromatic heterocycles. The number of nitrogens with zero attached hydrogens (tertiary/aromatic N) is 4. The van der Waals surface area contributed by atoms with Gasteiger partial charge in [0.25, 0.3) is 0 Å². The maximum Gasteiger partial charge on any atom is 0.229 e. The second kappa shape index (κ2) is 6.17. The Labute approximate surface area is 143 Å². The standard InChI is InChI=1S/C14H18ClN7O2/c1-22-4-7(2-18-22)19-14-17-3-8(15)13(21-14)20-10-6-24-11-9(16)5-23-12(10)11/h2-4,9-12H,5-6,16H2,1H3,(H2,17,19,20,21)/t9-,10+,11?,12?/m0/s1. The second-order valence-corrected chi connectivity index (χ2v) is 6.34. The first kappa shape index (κ1) is 15.6. The Bertz CT molecular complexity index is 740. The van der Waals surface area contributed by atoms with E-state index in [2.05, 4.69) is 25.7 Å². The molecule has 0 spiro atoms. The highest BCUT2D eigenvalue weighted by molar-refractivity contribution is 6.32. The van der Waals surface area contributed by atoms with Gasteiger partial charge in [-0.25, -0.2) is 4.98 Å². The van der Waals surface area contributed by atoms with Crippen LogP contribution in [0.15, 0.2) is 18.6 Å². The molecular formula is C14H18ClN7O2. The summed E-state index contributed by atoms with van der Waals surface area (Å²) in [6.07, 6.45) is 4.88. The topological polar surface area (TPSA) is 112 Å². The van der Waals surface area contributed by atoms with E-state index in [1.165, 1.54) is 0 Å². The quantitative estimate of drug-likeness (QED) is 0.730. The maximum atomic E-state index is 6.22. The van der Waals surface area contributed by atoms with E-state index in [1.54, 1.807) is 17.1 Å². The molecule has 128 valence electrons. The molecule has 2 aromatic rings. The minimum Gasteiger partial charge on any atom is -0.371 e. The number of ether oxygens (including phenoxy) is 2. The summed E-state index contributed by atoms with van der Waals surface area (Å²) < 4.78 is 13.1. The molecule has 0 radical (unpaired) electrons. The van der Waals surface area contributed by atoms with Crippen molar-refractivity contribution in [2.24, 2.45) is 12.8 Å². The van der Waals surface area contributed by atoms with Crippen molar-refractivity contribution in [2.75, 3.05) is 23.8 Å². The van der Waals surface area contributed by atoms with Crippen molar-refractivity contribution >= 4 is 29.1 Å². The lowest BCUT2D eigenvalue weighted by Crippen LogP contribution is -2.38. The molecule has 4 N–H and O–H groups in total. The number of hydrogen-bond donors (Lipinski definition) is 3. The van der Waals surface area contributed by atoms with Crippen molar-refractivity contribution in [1.82, 2.24) is 19.7 Å². The van der Waals surface area contributed by atoms with Gasteiger partial charge in [-0.05, 0) is 0 Å². The molecule has 24 heavy (non-hydrogen) atoms. The molecule has 2 aliphatic heterocycles. The van der Waals surface area contributed by atoms with Crippen molar-refractivity contribution in [2.45, 2.75) is 24.3 Å². The first-order valence-electron chi connectivity index (χ1n) is 7.63. The number of rotatable bonds is 4. The molecule has 2 unspecified atom stereocenters. The minimum atomic E-state index is -0.0965. The Morgan fingerprint density at radius 1 is 1.29 bits per heavy atom. The zero-order chi connectivity index (χ0) is 16.7. The molecule has 4 heterocycles. The van der Waals surface area contributed by atoms with Crippen molar-refractivity contribution in [3.63, 3.8) is 0 Å². The van der Waals surface area contributed by atoms with E-state index in [9.17, 15) is 0 Å². The van der Waals surface area contributed by atoms with Gasteiger partial charge in [0.05, 0.1) is 43.4 Å². The molecule has 0 saturated carbocycles. The summed E-state index contributed by atoms with van der Waals surface area (Å²) >= 11 is 6.22. The van der Waals surface area contributed by atoms with Gasteiger partial charge in [0.15, 0.2) is 5.82 Å². The number of aromatic nitrogens is 4. The zero-order valence-electron chi connectivity index (χ0n) is 13.0. The number of halogens is 1. The number of aryl methyl sites for hydroxylation is 1. The summed E-state index contributed by atoms with van der Waals surface area (Å²) in [6.45, 7) is 0.994. The van der Waals surface area contributed by atoms with E-state index in [4.69, 9.17) is 26.8 Å². The molecule has 10 heteroatoms. The minimum absolute atomic E-state index is 0.0535. The van der Waals surface area contributed by atoms with E-state index < -0.39 is 0 Å². The van der Waals surface area contributed by atoms with Gasteiger partial charge in [-0.2, -0.15) is 10.1 Å². The third-order valence-corrected chi connectivity index (χ3v) is 4.40. The molecule has 0 aromatic carbocycles. The molecule has 9 nitrogen and oxygen atoms in total. The van der Waals surface area contributed by atoms with Crippen molar-refractivity contribution in [3.8, 4) is 0 Å². The van der Waals surface area contributed by atoms with E-state index in [0.717, 1.165) is 5.69 Å². The van der Waals surface area contributed by atoms with Gasteiger partial charge in [-0.3, -0.25) is 4.68 Å². The van der Waals surface area contributed by atoms with E-state index in [0.29, 0.717) is 30.0 Å². The van der Waals surface area contributed by atoms with Gasteiger partial charge >= 0.3 is 0 Å². The maximum absolute atomic E-state index is 6.22. The molecular weight excluding hydrogens is 334 g/mol. The van der Waals surface area contributed by atoms with Crippen LogP contribution in [0.4, 0.5) is 17.5 Å². The van der Waals surface area contributed by atoms with E-state index in [-0.39, 0.29) is 24.3 Å². The van der Waals surface area contributed by atoms with Crippen LogP contribution in [0.5, 0.6) is 0 Å². The largest absolute Gasteiger partial charge is 0.371 e. The van der Waals surface area contributed by atoms with Crippen LogP contribution in [-0.2, 0) is 16.5 Å². The van der Waals surface area contributed by atoms with Crippen LogP contribution in [0.25, 0.3) is 0 Å². The SMILES string of the molecule is Cn1cc(Nc2ncc(Cl)c(N[C@@H]3COC4C3OC[C@@H]4N)n2)cn1. The summed E-state index contributed by atoms with van der Waals surface area (Å²) in [4.78, 5) is 8.61. The fraction of sp³-hybridized carbons (Fsp3) is 0.500. The monoisotopic (exact) mass is 351 g/mol. The Morgan fingerprint density at radius 2 is 2.12 bits per heavy atom. The van der Waals surface area contributed by atoms with Crippen molar-refractivity contribution in [3.05, 3.63) is 23.6 Å². The molecule has 4 rings (SSSR count). The molecule has 2 fully saturated rings.